The van der Waals surface area contributed by atoms with Crippen LogP contribution >= 0.6 is 23.2 Å². The van der Waals surface area contributed by atoms with Crippen molar-refractivity contribution in [1.29, 1.82) is 0 Å². The van der Waals surface area contributed by atoms with Crippen molar-refractivity contribution in [2.24, 2.45) is 0 Å². The van der Waals surface area contributed by atoms with E-state index in [0.29, 0.717) is 16.0 Å². The van der Waals surface area contributed by atoms with Crippen LogP contribution in [0.25, 0.3) is 0 Å². The summed E-state index contributed by atoms with van der Waals surface area (Å²) in [4.78, 5) is 4.17. The lowest BCUT2D eigenvalue weighted by Crippen LogP contribution is -1.97. The van der Waals surface area contributed by atoms with Gasteiger partial charge in [-0.2, -0.15) is 0 Å². The molecule has 1 aromatic heterocycles. The fraction of sp³-hybridized carbons (Fsp3) is 0.154. The van der Waals surface area contributed by atoms with Crippen LogP contribution in [-0.2, 0) is 0 Å². The van der Waals surface area contributed by atoms with Gasteiger partial charge in [0.25, 0.3) is 0 Å². The van der Waals surface area contributed by atoms with Crippen LogP contribution in [0.5, 0.6) is 0 Å². The number of halogens is 2. The van der Waals surface area contributed by atoms with E-state index < -0.39 is 0 Å². The van der Waals surface area contributed by atoms with E-state index in [1.165, 1.54) is 0 Å². The number of nitrogens with zero attached hydrogens (tertiary/aromatic N) is 1. The average Bonchev–Trinajstić information content (AvgIpc) is 2.23. The third-order valence-corrected chi connectivity index (χ3v) is 2.91. The molecule has 2 rings (SSSR count). The van der Waals surface area contributed by atoms with Crippen LogP contribution in [0, 0.1) is 13.8 Å². The molecule has 0 radical (unpaired) electrons. The minimum atomic E-state index is 0.455. The number of pyridine rings is 1. The monoisotopic (exact) mass is 266 g/mol. The number of benzene rings is 1. The second kappa shape index (κ2) is 4.94. The molecule has 0 amide bonds. The van der Waals surface area contributed by atoms with Gasteiger partial charge in [-0.05, 0) is 43.2 Å². The molecule has 17 heavy (non-hydrogen) atoms. The Balaban J connectivity index is 2.36. The van der Waals surface area contributed by atoms with Crippen molar-refractivity contribution in [3.8, 4) is 0 Å². The molecular weight excluding hydrogens is 255 g/mol. The highest BCUT2D eigenvalue weighted by molar-refractivity contribution is 6.33. The lowest BCUT2D eigenvalue weighted by atomic mass is 10.1. The highest BCUT2D eigenvalue weighted by Gasteiger charge is 2.06. The second-order valence-electron chi connectivity index (χ2n) is 3.91. The maximum Gasteiger partial charge on any atom is 0.132 e. The summed E-state index contributed by atoms with van der Waals surface area (Å²) in [6.45, 7) is 4.02. The first-order valence-electron chi connectivity index (χ1n) is 5.22. The Hall–Kier alpha value is -1.25. The van der Waals surface area contributed by atoms with E-state index in [4.69, 9.17) is 23.2 Å². The minimum absolute atomic E-state index is 0.455. The van der Waals surface area contributed by atoms with Gasteiger partial charge < -0.3 is 5.32 Å². The Labute approximate surface area is 111 Å². The summed E-state index contributed by atoms with van der Waals surface area (Å²) in [5.41, 5.74) is 3.08. The van der Waals surface area contributed by atoms with Gasteiger partial charge in [0, 0.05) is 0 Å². The van der Waals surface area contributed by atoms with Crippen molar-refractivity contribution in [1.82, 2.24) is 4.98 Å². The summed E-state index contributed by atoms with van der Waals surface area (Å²) < 4.78 is 0. The van der Waals surface area contributed by atoms with E-state index in [1.807, 2.05) is 32.0 Å². The molecule has 0 aliphatic rings. The lowest BCUT2D eigenvalue weighted by molar-refractivity contribution is 1.29. The fourth-order valence-corrected chi connectivity index (χ4v) is 2.21. The molecule has 0 atom stereocenters. The van der Waals surface area contributed by atoms with Crippen molar-refractivity contribution < 1.29 is 0 Å². The van der Waals surface area contributed by atoms with Gasteiger partial charge in [-0.3, -0.25) is 0 Å². The number of hydrogen-bond donors (Lipinski definition) is 1. The zero-order chi connectivity index (χ0) is 12.4. The molecule has 0 saturated heterocycles. The van der Waals surface area contributed by atoms with Gasteiger partial charge in [-0.15, -0.1) is 0 Å². The Morgan fingerprint density at radius 2 is 1.88 bits per heavy atom. The average molecular weight is 267 g/mol. The number of anilines is 2. The van der Waals surface area contributed by atoms with Gasteiger partial charge >= 0.3 is 0 Å². The highest BCUT2D eigenvalue weighted by Crippen LogP contribution is 2.29. The number of nitrogens with one attached hydrogen (secondary N) is 1. The first-order valence-corrected chi connectivity index (χ1v) is 5.98. The third-order valence-electron chi connectivity index (χ3n) is 2.40. The van der Waals surface area contributed by atoms with E-state index in [-0.39, 0.29) is 0 Å². The molecule has 2 aromatic rings. The largest absolute Gasteiger partial charge is 0.339 e. The van der Waals surface area contributed by atoms with Crippen LogP contribution in [0.3, 0.4) is 0 Å². The maximum absolute atomic E-state index is 6.20. The van der Waals surface area contributed by atoms with Crippen molar-refractivity contribution in [2.75, 3.05) is 5.32 Å². The van der Waals surface area contributed by atoms with Gasteiger partial charge in [0.05, 0.1) is 10.7 Å². The molecule has 1 heterocycles. The number of aromatic nitrogens is 1. The van der Waals surface area contributed by atoms with E-state index in [9.17, 15) is 0 Å². The number of rotatable bonds is 2. The Morgan fingerprint density at radius 1 is 1.12 bits per heavy atom. The van der Waals surface area contributed by atoms with Crippen molar-refractivity contribution in [3.05, 3.63) is 51.6 Å². The van der Waals surface area contributed by atoms with Crippen molar-refractivity contribution in [2.45, 2.75) is 13.8 Å². The van der Waals surface area contributed by atoms with E-state index in [1.54, 1.807) is 6.07 Å². The molecular formula is C13H12Cl2N2. The zero-order valence-electron chi connectivity index (χ0n) is 9.59. The Bertz CT molecular complexity index is 530. The van der Waals surface area contributed by atoms with Gasteiger partial charge in [0.2, 0.25) is 0 Å². The van der Waals surface area contributed by atoms with Gasteiger partial charge in [0.1, 0.15) is 11.0 Å². The maximum atomic E-state index is 6.20. The van der Waals surface area contributed by atoms with E-state index in [2.05, 4.69) is 16.4 Å². The molecule has 0 saturated carbocycles. The molecule has 0 spiro atoms. The van der Waals surface area contributed by atoms with Gasteiger partial charge in [0.15, 0.2) is 0 Å². The molecule has 0 aliphatic carbocycles. The van der Waals surface area contributed by atoms with Crippen LogP contribution in [0.2, 0.25) is 10.2 Å². The molecule has 4 heteroatoms. The van der Waals surface area contributed by atoms with Crippen LogP contribution in [0.1, 0.15) is 11.1 Å². The topological polar surface area (TPSA) is 24.9 Å². The van der Waals surface area contributed by atoms with Crippen LogP contribution < -0.4 is 5.32 Å². The lowest BCUT2D eigenvalue weighted by Gasteiger charge is -2.12. The smallest absolute Gasteiger partial charge is 0.132 e. The SMILES string of the molecule is Cc1cc(C)c(Nc2cccc(Cl)n2)c(Cl)c1. The summed E-state index contributed by atoms with van der Waals surface area (Å²) in [5.74, 6) is 0.686. The summed E-state index contributed by atoms with van der Waals surface area (Å²) in [5, 5.41) is 4.32. The molecule has 1 N–H and O–H groups in total. The van der Waals surface area contributed by atoms with Gasteiger partial charge in [-0.1, -0.05) is 35.3 Å². The normalized spacial score (nSPS) is 10.4. The number of hydrogen-bond acceptors (Lipinski definition) is 2. The Kier molecular flexibility index (Phi) is 3.55. The minimum Gasteiger partial charge on any atom is -0.339 e. The first kappa shape index (κ1) is 12.2. The third kappa shape index (κ3) is 2.90. The highest BCUT2D eigenvalue weighted by atomic mass is 35.5. The van der Waals surface area contributed by atoms with Crippen molar-refractivity contribution >= 4 is 34.7 Å². The summed E-state index contributed by atoms with van der Waals surface area (Å²) >= 11 is 12.0. The quantitative estimate of drug-likeness (QED) is 0.794. The standard InChI is InChI=1S/C13H12Cl2N2/c1-8-6-9(2)13(10(14)7-8)17-12-5-3-4-11(15)16-12/h3-7H,1-2H3,(H,16,17). The molecule has 1 aromatic carbocycles. The van der Waals surface area contributed by atoms with Crippen LogP contribution in [0.4, 0.5) is 11.5 Å². The summed E-state index contributed by atoms with van der Waals surface area (Å²) in [7, 11) is 0. The molecule has 0 fully saturated rings. The van der Waals surface area contributed by atoms with E-state index in [0.717, 1.165) is 16.8 Å². The Morgan fingerprint density at radius 3 is 2.53 bits per heavy atom. The van der Waals surface area contributed by atoms with Gasteiger partial charge in [-0.25, -0.2) is 4.98 Å². The molecule has 88 valence electrons. The zero-order valence-corrected chi connectivity index (χ0v) is 11.1. The molecule has 2 nitrogen and oxygen atoms in total. The first-order chi connectivity index (χ1) is 8.06. The molecule has 0 bridgehead atoms. The van der Waals surface area contributed by atoms with E-state index >= 15 is 0 Å². The predicted molar refractivity (Wildman–Crippen MR) is 73.5 cm³/mol. The fourth-order valence-electron chi connectivity index (χ4n) is 1.68. The van der Waals surface area contributed by atoms with Crippen LogP contribution in [0.15, 0.2) is 30.3 Å². The van der Waals surface area contributed by atoms with Crippen molar-refractivity contribution in [3.63, 3.8) is 0 Å². The second-order valence-corrected chi connectivity index (χ2v) is 4.70. The summed E-state index contributed by atoms with van der Waals surface area (Å²) in [6, 6.07) is 9.41. The molecule has 0 aliphatic heterocycles. The summed E-state index contributed by atoms with van der Waals surface area (Å²) in [6.07, 6.45) is 0. The van der Waals surface area contributed by atoms with Crippen LogP contribution in [-0.4, -0.2) is 4.98 Å². The predicted octanol–water partition coefficient (Wildman–Crippen LogP) is 4.75. The molecule has 0 unspecified atom stereocenters. The number of aryl methyl sites for hydroxylation is 2.